The Bertz CT molecular complexity index is 331. The van der Waals surface area contributed by atoms with E-state index < -0.39 is 4.92 Å². The van der Waals surface area contributed by atoms with Gasteiger partial charge in [0, 0.05) is 0 Å². The monoisotopic (exact) mass is 163 g/mol. The normalized spacial score (nSPS) is 9.42. The molecular formula is C9H9NO2. The lowest BCUT2D eigenvalue weighted by Gasteiger charge is -1.97. The highest BCUT2D eigenvalue weighted by atomic mass is 16.6. The molecule has 0 spiro atoms. The van der Waals surface area contributed by atoms with Crippen LogP contribution in [0.2, 0.25) is 0 Å². The van der Waals surface area contributed by atoms with E-state index in [4.69, 9.17) is 0 Å². The first-order chi connectivity index (χ1) is 5.61. The molecule has 0 unspecified atom stereocenters. The lowest BCUT2D eigenvalue weighted by molar-refractivity contribution is -0.375. The first-order valence-corrected chi connectivity index (χ1v) is 3.51. The molecule has 0 fully saturated rings. The number of rotatable bonds is 2. The van der Waals surface area contributed by atoms with Crippen LogP contribution in [0, 0.1) is 17.0 Å². The van der Waals surface area contributed by atoms with Crippen molar-refractivity contribution in [2.24, 2.45) is 0 Å². The Morgan fingerprint density at radius 2 is 2.25 bits per heavy atom. The minimum Gasteiger partial charge on any atom is -0.258 e. The van der Waals surface area contributed by atoms with Crippen molar-refractivity contribution in [3.63, 3.8) is 0 Å². The van der Waals surface area contributed by atoms with E-state index in [1.54, 1.807) is 18.2 Å². The zero-order valence-electron chi connectivity index (χ0n) is 6.78. The Balaban J connectivity index is 3.04. The highest BCUT2D eigenvalue weighted by molar-refractivity contribution is 5.56. The first kappa shape index (κ1) is 8.46. The third-order valence-corrected chi connectivity index (χ3v) is 1.57. The van der Waals surface area contributed by atoms with Crippen molar-refractivity contribution in [2.45, 2.75) is 6.92 Å². The van der Waals surface area contributed by atoms with Crippen LogP contribution in [0.4, 0.5) is 0 Å². The van der Waals surface area contributed by atoms with Crippen LogP contribution in [-0.2, 0) is 0 Å². The fourth-order valence-electron chi connectivity index (χ4n) is 0.930. The van der Waals surface area contributed by atoms with Crippen LogP contribution in [0.5, 0.6) is 0 Å². The molecule has 0 heterocycles. The number of nitrogens with zero attached hydrogens (tertiary/aromatic N) is 1. The second-order valence-corrected chi connectivity index (χ2v) is 2.57. The Morgan fingerprint density at radius 3 is 2.75 bits per heavy atom. The molecular weight excluding hydrogens is 154 g/mol. The smallest absolute Gasteiger partial charge is 0.258 e. The number of hydrogen-bond donors (Lipinski definition) is 0. The van der Waals surface area contributed by atoms with Gasteiger partial charge in [-0.3, -0.25) is 10.1 Å². The van der Waals surface area contributed by atoms with Crippen molar-refractivity contribution in [3.05, 3.63) is 52.1 Å². The van der Waals surface area contributed by atoms with Gasteiger partial charge in [0.2, 0.25) is 0 Å². The predicted octanol–water partition coefficient (Wildman–Crippen LogP) is 2.24. The summed E-state index contributed by atoms with van der Waals surface area (Å²) in [5.74, 6) is 0. The van der Waals surface area contributed by atoms with Crippen molar-refractivity contribution >= 4 is 5.70 Å². The molecule has 62 valence electrons. The zero-order valence-corrected chi connectivity index (χ0v) is 6.78. The molecule has 0 N–H and O–H groups in total. The summed E-state index contributed by atoms with van der Waals surface area (Å²) in [6, 6.07) is 7.08. The molecule has 3 heteroatoms. The van der Waals surface area contributed by atoms with E-state index >= 15 is 0 Å². The van der Waals surface area contributed by atoms with Gasteiger partial charge in [-0.05, 0) is 25.6 Å². The highest BCUT2D eigenvalue weighted by Crippen LogP contribution is 2.13. The largest absolute Gasteiger partial charge is 0.269 e. The summed E-state index contributed by atoms with van der Waals surface area (Å²) in [7, 11) is 0. The average molecular weight is 163 g/mol. The van der Waals surface area contributed by atoms with Crippen LogP contribution < -0.4 is 0 Å². The van der Waals surface area contributed by atoms with Crippen LogP contribution in [-0.4, -0.2) is 4.92 Å². The van der Waals surface area contributed by atoms with Gasteiger partial charge in [-0.15, -0.1) is 0 Å². The summed E-state index contributed by atoms with van der Waals surface area (Å²) in [6.07, 6.45) is 0. The summed E-state index contributed by atoms with van der Waals surface area (Å²) in [4.78, 5) is 9.84. The first-order valence-electron chi connectivity index (χ1n) is 3.51. The summed E-state index contributed by atoms with van der Waals surface area (Å²) < 4.78 is 0. The van der Waals surface area contributed by atoms with E-state index in [0.29, 0.717) is 5.56 Å². The molecule has 0 aliphatic rings. The summed E-state index contributed by atoms with van der Waals surface area (Å²) in [6.45, 7) is 5.25. The van der Waals surface area contributed by atoms with Crippen molar-refractivity contribution in [1.29, 1.82) is 0 Å². The second-order valence-electron chi connectivity index (χ2n) is 2.57. The second kappa shape index (κ2) is 3.17. The molecule has 1 rings (SSSR count). The van der Waals surface area contributed by atoms with Crippen LogP contribution in [0.3, 0.4) is 0 Å². The van der Waals surface area contributed by atoms with E-state index in [0.717, 1.165) is 5.56 Å². The molecule has 12 heavy (non-hydrogen) atoms. The molecule has 0 saturated heterocycles. The van der Waals surface area contributed by atoms with Crippen molar-refractivity contribution in [1.82, 2.24) is 0 Å². The fraction of sp³-hybridized carbons (Fsp3) is 0.111. The molecule has 3 nitrogen and oxygen atoms in total. The van der Waals surface area contributed by atoms with Crippen LogP contribution in [0.15, 0.2) is 30.8 Å². The van der Waals surface area contributed by atoms with Gasteiger partial charge in [0.25, 0.3) is 5.70 Å². The lowest BCUT2D eigenvalue weighted by Crippen LogP contribution is -1.95. The van der Waals surface area contributed by atoms with Gasteiger partial charge in [-0.2, -0.15) is 0 Å². The maximum absolute atomic E-state index is 10.3. The van der Waals surface area contributed by atoms with Gasteiger partial charge in [0.15, 0.2) is 0 Å². The van der Waals surface area contributed by atoms with Crippen LogP contribution in [0.25, 0.3) is 5.70 Å². The topological polar surface area (TPSA) is 43.1 Å². The summed E-state index contributed by atoms with van der Waals surface area (Å²) in [5.41, 5.74) is 1.51. The van der Waals surface area contributed by atoms with Crippen LogP contribution >= 0.6 is 0 Å². The number of nitro groups is 1. The Hall–Kier alpha value is -1.64. The van der Waals surface area contributed by atoms with Gasteiger partial charge >= 0.3 is 0 Å². The minimum atomic E-state index is -0.477. The average Bonchev–Trinajstić information content (AvgIpc) is 2.03. The quantitative estimate of drug-likeness (QED) is 0.495. The van der Waals surface area contributed by atoms with E-state index in [2.05, 4.69) is 6.58 Å². The van der Waals surface area contributed by atoms with Crippen LogP contribution in [0.1, 0.15) is 11.1 Å². The molecule has 0 atom stereocenters. The number of benzene rings is 1. The van der Waals surface area contributed by atoms with Gasteiger partial charge < -0.3 is 0 Å². The fourth-order valence-corrected chi connectivity index (χ4v) is 0.930. The number of hydrogen-bond acceptors (Lipinski definition) is 2. The van der Waals surface area contributed by atoms with Gasteiger partial charge in [-0.1, -0.05) is 17.7 Å². The molecule has 0 bridgehead atoms. The maximum Gasteiger partial charge on any atom is 0.269 e. The highest BCUT2D eigenvalue weighted by Gasteiger charge is 2.08. The maximum atomic E-state index is 10.3. The lowest BCUT2D eigenvalue weighted by atomic mass is 10.1. The standard InChI is InChI=1S/C9H9NO2/c1-7-4-3-5-9(6-7)8(2)10(11)12/h3-6H,2H2,1H3. The summed E-state index contributed by atoms with van der Waals surface area (Å²) in [5, 5.41) is 10.3. The van der Waals surface area contributed by atoms with Gasteiger partial charge in [0.05, 0.1) is 10.5 Å². The Morgan fingerprint density at radius 1 is 1.58 bits per heavy atom. The van der Waals surface area contributed by atoms with Crippen molar-refractivity contribution in [3.8, 4) is 0 Å². The predicted molar refractivity (Wildman–Crippen MR) is 47.2 cm³/mol. The molecule has 1 aromatic rings. The molecule has 0 aliphatic heterocycles. The molecule has 0 amide bonds. The third kappa shape index (κ3) is 1.69. The zero-order chi connectivity index (χ0) is 9.14. The Kier molecular flexibility index (Phi) is 2.24. The van der Waals surface area contributed by atoms with E-state index in [9.17, 15) is 10.1 Å². The molecule has 0 radical (unpaired) electrons. The SMILES string of the molecule is C=C(c1cccc(C)c1)[N+](=O)[O-]. The van der Waals surface area contributed by atoms with E-state index in [1.807, 2.05) is 13.0 Å². The van der Waals surface area contributed by atoms with Gasteiger partial charge in [0.1, 0.15) is 0 Å². The number of aryl methyl sites for hydroxylation is 1. The summed E-state index contributed by atoms with van der Waals surface area (Å²) >= 11 is 0. The molecule has 1 aromatic carbocycles. The minimum absolute atomic E-state index is 0.0568. The molecule has 0 aromatic heterocycles. The molecule has 0 aliphatic carbocycles. The van der Waals surface area contributed by atoms with Crippen molar-refractivity contribution in [2.75, 3.05) is 0 Å². The van der Waals surface area contributed by atoms with E-state index in [-0.39, 0.29) is 5.70 Å². The third-order valence-electron chi connectivity index (χ3n) is 1.57. The molecule has 0 saturated carbocycles. The van der Waals surface area contributed by atoms with Gasteiger partial charge in [-0.25, -0.2) is 0 Å². The van der Waals surface area contributed by atoms with E-state index in [1.165, 1.54) is 0 Å². The Labute approximate surface area is 70.5 Å². The van der Waals surface area contributed by atoms with Crippen molar-refractivity contribution < 1.29 is 4.92 Å².